The third-order valence-corrected chi connectivity index (χ3v) is 17.8. The van der Waals surface area contributed by atoms with Crippen LogP contribution in [0.15, 0.2) is 206 Å². The highest BCUT2D eigenvalue weighted by Gasteiger charge is 2.26. The van der Waals surface area contributed by atoms with Crippen molar-refractivity contribution in [1.82, 2.24) is 0 Å². The molecule has 8 aromatic carbocycles. The maximum Gasteiger partial charge on any atom is 0.216 e. The zero-order valence-corrected chi connectivity index (χ0v) is 53.6. The standard InChI is InChI=1S/C21H19FNO.3C20H17FNO/c1-12-9-14(3)23(4)18(10-12)20-13(2)5-7-17-16-8-6-15(22)11-19(16)24-21(17)20;3*1-12-7-9-16-15-10-8-14(21)11-18(15)23-20(16)19(12)17-6-4-5-13(2)22(17)3/h5-11H,1-4H3;3*4-11H,1-3H3/q4*+1/i6D,11D;4D,8D,11D;8D,11D;4D,11D. The number of rotatable bonds is 4. The van der Waals surface area contributed by atoms with E-state index in [2.05, 4.69) is 21.3 Å². The molecule has 0 aliphatic carbocycles. The SMILES string of the molecule is [2H]c1cc(C)[n+](C)c(-c2c(C)ccc3c2oc2c([2H])c(F)c([2H])cc23)c1.[2H]c1cc(C)[n+](C)c(-c2c(C)ccc3c2oc2c([2H])c(F)ccc23)c1.[2H]c1cc2c(oc3c(-c4cc(C)cc(C)[n+]4C)c(C)ccc32)c([2H])c1F.[2H]c1cc2c(oc3c(-c4cccc(C)[n+]4C)c(C)ccc32)c([2H])c1F. The van der Waals surface area contributed by atoms with Gasteiger partial charge in [0.1, 0.15) is 96.1 Å². The molecule has 0 fully saturated rings. The van der Waals surface area contributed by atoms with Crippen molar-refractivity contribution in [2.45, 2.75) is 62.3 Å². The van der Waals surface area contributed by atoms with Crippen LogP contribution in [0.4, 0.5) is 17.6 Å². The molecule has 0 spiro atoms. The van der Waals surface area contributed by atoms with Crippen molar-refractivity contribution in [3.05, 3.63) is 262 Å². The summed E-state index contributed by atoms with van der Waals surface area (Å²) in [5, 5.41) is 5.64. The largest absolute Gasteiger partial charge is 0.455 e. The lowest BCUT2D eigenvalue weighted by Gasteiger charge is -2.08. The average molecular weight is 1250 g/mol. The van der Waals surface area contributed by atoms with Crippen LogP contribution in [0.2, 0.25) is 0 Å². The van der Waals surface area contributed by atoms with Crippen molar-refractivity contribution in [2.24, 2.45) is 28.2 Å². The first-order valence-electron chi connectivity index (χ1n) is 34.7. The van der Waals surface area contributed by atoms with Crippen molar-refractivity contribution in [2.75, 3.05) is 0 Å². The summed E-state index contributed by atoms with van der Waals surface area (Å²) in [6.07, 6.45) is 0. The molecule has 12 heteroatoms. The number of aryl methyl sites for hydroxylation is 9. The van der Waals surface area contributed by atoms with E-state index < -0.39 is 29.3 Å². The van der Waals surface area contributed by atoms with Crippen LogP contribution in [0, 0.1) is 85.6 Å². The lowest BCUT2D eigenvalue weighted by molar-refractivity contribution is -0.666. The average Bonchev–Trinajstić information content (AvgIpc) is 1.57. The number of nitrogens with zero attached hydrogens (tertiary/aromatic N) is 4. The van der Waals surface area contributed by atoms with E-state index in [0.29, 0.717) is 50.6 Å². The Bertz CT molecular complexity index is 6070. The fourth-order valence-electron chi connectivity index (χ4n) is 12.4. The second-order valence-electron chi connectivity index (χ2n) is 23.7. The maximum atomic E-state index is 14.0. The van der Waals surface area contributed by atoms with Gasteiger partial charge in [-0.2, -0.15) is 18.3 Å². The van der Waals surface area contributed by atoms with Gasteiger partial charge < -0.3 is 17.7 Å². The van der Waals surface area contributed by atoms with E-state index in [4.69, 9.17) is 30.0 Å². The summed E-state index contributed by atoms with van der Waals surface area (Å²) in [7, 11) is 7.86. The van der Waals surface area contributed by atoms with Crippen LogP contribution in [-0.2, 0) is 28.2 Å². The highest BCUT2D eigenvalue weighted by Crippen LogP contribution is 2.42. The van der Waals surface area contributed by atoms with Crippen molar-refractivity contribution in [3.63, 3.8) is 0 Å². The molecule has 8 nitrogen and oxygen atoms in total. The molecule has 0 aliphatic heterocycles. The summed E-state index contributed by atoms with van der Waals surface area (Å²) >= 11 is 0. The maximum absolute atomic E-state index is 14.0. The molecule has 8 heterocycles. The molecule has 0 amide bonds. The molecule has 0 unspecified atom stereocenters. The molecule has 0 saturated carbocycles. The zero-order chi connectivity index (χ0) is 73.3. The van der Waals surface area contributed by atoms with Gasteiger partial charge in [-0.15, -0.1) is 0 Å². The van der Waals surface area contributed by atoms with Crippen LogP contribution < -0.4 is 18.3 Å². The van der Waals surface area contributed by atoms with Crippen molar-refractivity contribution in [3.8, 4) is 45.0 Å². The molecule has 462 valence electrons. The molecule has 0 atom stereocenters. The van der Waals surface area contributed by atoms with Gasteiger partial charge in [0.15, 0.2) is 22.8 Å². The summed E-state index contributed by atoms with van der Waals surface area (Å²) in [5.74, 6) is -3.19. The van der Waals surface area contributed by atoms with E-state index in [9.17, 15) is 17.6 Å². The minimum Gasteiger partial charge on any atom is -0.455 e. The third-order valence-electron chi connectivity index (χ3n) is 17.8. The monoisotopic (exact) mass is 1250 g/mol. The number of fused-ring (bicyclic) bond motifs is 12. The quantitative estimate of drug-likeness (QED) is 0.130. The van der Waals surface area contributed by atoms with Crippen LogP contribution in [-0.4, -0.2) is 0 Å². The topological polar surface area (TPSA) is 68.1 Å². The molecule has 0 bridgehead atoms. The number of furan rings is 4. The lowest BCUT2D eigenvalue weighted by atomic mass is 9.99. The number of benzene rings is 8. The number of aromatic nitrogens is 4. The fraction of sp³-hybridized carbons (Fsp3) is 0.160. The van der Waals surface area contributed by atoms with Gasteiger partial charge in [-0.25, -0.2) is 17.6 Å². The smallest absolute Gasteiger partial charge is 0.216 e. The molecule has 0 radical (unpaired) electrons. The minimum absolute atomic E-state index is 0.141. The molecule has 93 heavy (non-hydrogen) atoms. The van der Waals surface area contributed by atoms with Gasteiger partial charge in [0.05, 0.1) is 34.6 Å². The number of pyridine rings is 4. The highest BCUT2D eigenvalue weighted by molar-refractivity contribution is 6.13. The first-order valence-corrected chi connectivity index (χ1v) is 30.2. The van der Waals surface area contributed by atoms with E-state index in [0.717, 1.165) is 123 Å². The van der Waals surface area contributed by atoms with E-state index in [1.165, 1.54) is 24.3 Å². The second-order valence-corrected chi connectivity index (χ2v) is 23.7. The van der Waals surface area contributed by atoms with Gasteiger partial charge in [-0.05, 0) is 129 Å². The summed E-state index contributed by atoms with van der Waals surface area (Å²) in [6, 6.07) is 38.7. The number of hydrogen-bond acceptors (Lipinski definition) is 4. The Balaban J connectivity index is 0.000000121. The molecule has 0 saturated heterocycles. The highest BCUT2D eigenvalue weighted by atomic mass is 19.1. The molecule has 0 aliphatic rings. The Kier molecular flexibility index (Phi) is 13.2. The molecule has 16 aromatic rings. The molecule has 0 N–H and O–H groups in total. The molecular formula is C81H70F4N4O4+4. The van der Waals surface area contributed by atoms with Crippen molar-refractivity contribution in [1.29, 1.82) is 0 Å². The number of hydrogen-bond donors (Lipinski definition) is 0. The molecular weight excluding hydrogens is 1170 g/mol. The van der Waals surface area contributed by atoms with Crippen molar-refractivity contribution >= 4 is 87.8 Å². The Morgan fingerprint density at radius 1 is 0.301 bits per heavy atom. The van der Waals surface area contributed by atoms with E-state index in [1.54, 1.807) is 30.3 Å². The van der Waals surface area contributed by atoms with Crippen LogP contribution in [0.5, 0.6) is 0 Å². The molecule has 16 rings (SSSR count). The minimum atomic E-state index is -0.885. The van der Waals surface area contributed by atoms with Crippen molar-refractivity contribution < 1.29 is 65.8 Å². The zero-order valence-electron chi connectivity index (χ0n) is 62.6. The van der Waals surface area contributed by atoms with Gasteiger partial charge in [-0.3, -0.25) is 0 Å². The van der Waals surface area contributed by atoms with Gasteiger partial charge in [-0.1, -0.05) is 48.5 Å². The van der Waals surface area contributed by atoms with Crippen LogP contribution >= 0.6 is 0 Å². The van der Waals surface area contributed by atoms with E-state index in [1.807, 2.05) is 166 Å². The van der Waals surface area contributed by atoms with Crippen LogP contribution in [0.1, 0.15) is 62.9 Å². The Morgan fingerprint density at radius 2 is 0.613 bits per heavy atom. The summed E-state index contributed by atoms with van der Waals surface area (Å²) < 4.78 is 159. The Morgan fingerprint density at radius 3 is 1.00 bits per heavy atom. The number of halogens is 4. The Hall–Kier alpha value is -10.7. The lowest BCUT2D eigenvalue weighted by Crippen LogP contribution is -2.35. The first kappa shape index (κ1) is 51.0. The first-order chi connectivity index (χ1) is 48.4. The van der Waals surface area contributed by atoms with Crippen LogP contribution in [0.25, 0.3) is 133 Å². The fourth-order valence-corrected chi connectivity index (χ4v) is 12.4. The van der Waals surface area contributed by atoms with Gasteiger partial charge in [0, 0.05) is 143 Å². The third kappa shape index (κ3) is 11.0. The summed E-state index contributed by atoms with van der Waals surface area (Å²) in [4.78, 5) is 0. The summed E-state index contributed by atoms with van der Waals surface area (Å²) in [5.41, 5.74) is 19.6. The van der Waals surface area contributed by atoms with E-state index in [-0.39, 0.29) is 58.6 Å². The van der Waals surface area contributed by atoms with Gasteiger partial charge in [0.2, 0.25) is 22.8 Å². The van der Waals surface area contributed by atoms with E-state index >= 15 is 0 Å². The Labute approximate surface area is 548 Å². The van der Waals surface area contributed by atoms with Gasteiger partial charge in [0.25, 0.3) is 0 Å². The summed E-state index contributed by atoms with van der Waals surface area (Å²) in [6.45, 7) is 18.0. The second kappa shape index (κ2) is 24.1. The van der Waals surface area contributed by atoms with Crippen LogP contribution in [0.3, 0.4) is 0 Å². The normalized spacial score (nSPS) is 12.8. The predicted octanol–water partition coefficient (Wildman–Crippen LogP) is 19.6. The molecule has 8 aromatic heterocycles. The predicted molar refractivity (Wildman–Crippen MR) is 364 cm³/mol. The van der Waals surface area contributed by atoms with Gasteiger partial charge >= 0.3 is 0 Å².